The third kappa shape index (κ3) is 3.56. The second-order valence-electron chi connectivity index (χ2n) is 4.22. The highest BCUT2D eigenvalue weighted by atomic mass is 16.4. The van der Waals surface area contributed by atoms with Crippen molar-refractivity contribution in [2.24, 2.45) is 5.73 Å². The summed E-state index contributed by atoms with van der Waals surface area (Å²) in [6.45, 7) is 3.65. The van der Waals surface area contributed by atoms with Gasteiger partial charge in [0.1, 0.15) is 0 Å². The Bertz CT molecular complexity index is 458. The van der Waals surface area contributed by atoms with E-state index in [4.69, 9.17) is 10.8 Å². The molecule has 5 nitrogen and oxygen atoms in total. The molecule has 0 radical (unpaired) electrons. The van der Waals surface area contributed by atoms with Gasteiger partial charge in [-0.2, -0.15) is 0 Å². The number of rotatable bonds is 5. The van der Waals surface area contributed by atoms with Crippen molar-refractivity contribution in [2.45, 2.75) is 32.7 Å². The summed E-state index contributed by atoms with van der Waals surface area (Å²) in [5.74, 6) is -1.31. The summed E-state index contributed by atoms with van der Waals surface area (Å²) in [6, 6.07) is 4.20. The second kappa shape index (κ2) is 6.16. The Morgan fingerprint density at radius 2 is 2.11 bits per heavy atom. The van der Waals surface area contributed by atoms with Gasteiger partial charge in [-0.15, -0.1) is 0 Å². The number of nitrogens with one attached hydrogen (secondary N) is 1. The van der Waals surface area contributed by atoms with E-state index in [0.29, 0.717) is 17.7 Å². The summed E-state index contributed by atoms with van der Waals surface area (Å²) < 4.78 is 0. The van der Waals surface area contributed by atoms with Crippen LogP contribution in [0.1, 0.15) is 35.7 Å². The third-order valence-corrected chi connectivity index (χ3v) is 2.67. The van der Waals surface area contributed by atoms with Gasteiger partial charge in [0.25, 0.3) is 0 Å². The van der Waals surface area contributed by atoms with E-state index in [1.54, 1.807) is 19.1 Å². The van der Waals surface area contributed by atoms with Crippen LogP contribution in [0.4, 0.5) is 5.69 Å². The maximum Gasteiger partial charge on any atom is 0.336 e. The molecule has 0 aromatic heterocycles. The number of carbonyl (C=O) groups is 2. The lowest BCUT2D eigenvalue weighted by Gasteiger charge is -2.12. The smallest absolute Gasteiger partial charge is 0.336 e. The Kier molecular flexibility index (Phi) is 4.85. The number of carbonyl (C=O) groups excluding carboxylic acids is 1. The van der Waals surface area contributed by atoms with Gasteiger partial charge in [0.2, 0.25) is 5.91 Å². The van der Waals surface area contributed by atoms with Crippen molar-refractivity contribution in [1.82, 2.24) is 0 Å². The molecule has 0 saturated carbocycles. The largest absolute Gasteiger partial charge is 0.478 e. The van der Waals surface area contributed by atoms with E-state index in [1.807, 2.05) is 6.92 Å². The maximum absolute atomic E-state index is 11.7. The van der Waals surface area contributed by atoms with Crippen molar-refractivity contribution in [3.63, 3.8) is 0 Å². The molecule has 1 amide bonds. The van der Waals surface area contributed by atoms with E-state index in [0.717, 1.165) is 6.42 Å². The summed E-state index contributed by atoms with van der Waals surface area (Å²) >= 11 is 0. The van der Waals surface area contributed by atoms with Gasteiger partial charge in [-0.1, -0.05) is 19.4 Å². The summed E-state index contributed by atoms with van der Waals surface area (Å²) in [4.78, 5) is 22.6. The Balaban J connectivity index is 2.82. The molecule has 1 aromatic carbocycles. The predicted octanol–water partition coefficient (Wildman–Crippen LogP) is 1.76. The molecule has 98 valence electrons. The summed E-state index contributed by atoms with van der Waals surface area (Å²) in [5, 5.41) is 11.6. The van der Waals surface area contributed by atoms with Crippen LogP contribution in [0.15, 0.2) is 18.2 Å². The quantitative estimate of drug-likeness (QED) is 0.742. The first-order valence-electron chi connectivity index (χ1n) is 5.86. The molecule has 0 saturated heterocycles. The second-order valence-corrected chi connectivity index (χ2v) is 4.22. The van der Waals surface area contributed by atoms with Gasteiger partial charge >= 0.3 is 5.97 Å². The number of hydrogen-bond donors (Lipinski definition) is 3. The summed E-state index contributed by atoms with van der Waals surface area (Å²) in [6.07, 6.45) is 1.42. The fraction of sp³-hybridized carbons (Fsp3) is 0.385. The van der Waals surface area contributed by atoms with Crippen molar-refractivity contribution in [1.29, 1.82) is 0 Å². The van der Waals surface area contributed by atoms with Gasteiger partial charge in [0.15, 0.2) is 0 Å². The average molecular weight is 250 g/mol. The highest BCUT2D eigenvalue weighted by Crippen LogP contribution is 2.15. The van der Waals surface area contributed by atoms with Crippen LogP contribution in [-0.2, 0) is 4.79 Å². The van der Waals surface area contributed by atoms with Gasteiger partial charge < -0.3 is 16.2 Å². The van der Waals surface area contributed by atoms with Crippen LogP contribution in [0.3, 0.4) is 0 Å². The molecule has 0 heterocycles. The standard InChI is InChI=1S/C13H18N2O3/c1-3-4-11(14)12(16)15-9-6-5-8(2)10(7-9)13(17)18/h5-7,11H,3-4,14H2,1-2H3,(H,15,16)(H,17,18). The van der Waals surface area contributed by atoms with E-state index < -0.39 is 12.0 Å². The monoisotopic (exact) mass is 250 g/mol. The lowest BCUT2D eigenvalue weighted by atomic mass is 10.1. The SMILES string of the molecule is CCCC(N)C(=O)Nc1ccc(C)c(C(=O)O)c1. The number of carboxylic acids is 1. The molecule has 18 heavy (non-hydrogen) atoms. The van der Waals surface area contributed by atoms with E-state index >= 15 is 0 Å². The maximum atomic E-state index is 11.7. The molecule has 0 fully saturated rings. The number of hydrogen-bond acceptors (Lipinski definition) is 3. The van der Waals surface area contributed by atoms with Gasteiger partial charge in [-0.25, -0.2) is 4.79 Å². The van der Waals surface area contributed by atoms with E-state index in [2.05, 4.69) is 5.32 Å². The number of amides is 1. The zero-order valence-corrected chi connectivity index (χ0v) is 10.6. The first-order valence-corrected chi connectivity index (χ1v) is 5.86. The van der Waals surface area contributed by atoms with E-state index in [1.165, 1.54) is 6.07 Å². The molecule has 0 bridgehead atoms. The Morgan fingerprint density at radius 3 is 2.67 bits per heavy atom. The van der Waals surface area contributed by atoms with E-state index in [9.17, 15) is 9.59 Å². The van der Waals surface area contributed by atoms with Gasteiger partial charge in [0, 0.05) is 5.69 Å². The molecule has 5 heteroatoms. The fourth-order valence-corrected chi connectivity index (χ4v) is 1.61. The van der Waals surface area contributed by atoms with Gasteiger partial charge in [-0.3, -0.25) is 4.79 Å². The highest BCUT2D eigenvalue weighted by molar-refractivity contribution is 5.97. The Morgan fingerprint density at radius 1 is 1.44 bits per heavy atom. The van der Waals surface area contributed by atoms with Crippen molar-refractivity contribution >= 4 is 17.6 Å². The van der Waals surface area contributed by atoms with Crippen molar-refractivity contribution in [3.8, 4) is 0 Å². The molecule has 1 aromatic rings. The molecule has 0 spiro atoms. The topological polar surface area (TPSA) is 92.4 Å². The van der Waals surface area contributed by atoms with Crippen LogP contribution >= 0.6 is 0 Å². The molecule has 0 aliphatic carbocycles. The molecule has 0 aliphatic heterocycles. The van der Waals surface area contributed by atoms with Crippen LogP contribution in [0.5, 0.6) is 0 Å². The average Bonchev–Trinajstić information content (AvgIpc) is 2.31. The summed E-state index contributed by atoms with van der Waals surface area (Å²) in [5.41, 5.74) is 6.96. The minimum absolute atomic E-state index is 0.178. The predicted molar refractivity (Wildman–Crippen MR) is 69.7 cm³/mol. The number of aromatic carboxylic acids is 1. The van der Waals surface area contributed by atoms with Crippen LogP contribution in [0, 0.1) is 6.92 Å². The molecule has 1 atom stereocenters. The Hall–Kier alpha value is -1.88. The number of carboxylic acid groups (broad SMARTS) is 1. The number of aryl methyl sites for hydroxylation is 1. The molecule has 1 rings (SSSR count). The molecular weight excluding hydrogens is 232 g/mol. The zero-order valence-electron chi connectivity index (χ0n) is 10.6. The molecule has 4 N–H and O–H groups in total. The summed E-state index contributed by atoms with van der Waals surface area (Å²) in [7, 11) is 0. The minimum atomic E-state index is -1.01. The van der Waals surface area contributed by atoms with Crippen molar-refractivity contribution in [3.05, 3.63) is 29.3 Å². The van der Waals surface area contributed by atoms with Crippen molar-refractivity contribution in [2.75, 3.05) is 5.32 Å². The molecule has 0 aliphatic rings. The van der Waals surface area contributed by atoms with Gasteiger partial charge in [0.05, 0.1) is 11.6 Å². The molecule has 1 unspecified atom stereocenters. The Labute approximate surface area is 106 Å². The first kappa shape index (κ1) is 14.2. The van der Waals surface area contributed by atoms with Crippen LogP contribution < -0.4 is 11.1 Å². The minimum Gasteiger partial charge on any atom is -0.478 e. The number of benzene rings is 1. The van der Waals surface area contributed by atoms with E-state index in [-0.39, 0.29) is 11.5 Å². The normalized spacial score (nSPS) is 11.9. The third-order valence-electron chi connectivity index (χ3n) is 2.67. The van der Waals surface area contributed by atoms with Gasteiger partial charge in [-0.05, 0) is 31.0 Å². The van der Waals surface area contributed by atoms with Crippen LogP contribution in [0.2, 0.25) is 0 Å². The first-order chi connectivity index (χ1) is 8.45. The number of nitrogens with two attached hydrogens (primary N) is 1. The van der Waals surface area contributed by atoms with Crippen LogP contribution in [-0.4, -0.2) is 23.0 Å². The van der Waals surface area contributed by atoms with Crippen molar-refractivity contribution < 1.29 is 14.7 Å². The molecular formula is C13H18N2O3. The lowest BCUT2D eigenvalue weighted by molar-refractivity contribution is -0.117. The lowest BCUT2D eigenvalue weighted by Crippen LogP contribution is -2.35. The highest BCUT2D eigenvalue weighted by Gasteiger charge is 2.14. The number of anilines is 1. The zero-order chi connectivity index (χ0) is 13.7. The fourth-order valence-electron chi connectivity index (χ4n) is 1.61. The van der Waals surface area contributed by atoms with Crippen LogP contribution in [0.25, 0.3) is 0 Å².